The lowest BCUT2D eigenvalue weighted by Gasteiger charge is -2.24. The molecule has 1 aromatic carbocycles. The maximum absolute atomic E-state index is 12.5. The Balaban J connectivity index is 1.83. The number of rotatable bonds is 3. The molecule has 110 valence electrons. The van der Waals surface area contributed by atoms with Gasteiger partial charge in [-0.2, -0.15) is 0 Å². The van der Waals surface area contributed by atoms with E-state index in [0.717, 1.165) is 30.7 Å². The van der Waals surface area contributed by atoms with E-state index in [0.29, 0.717) is 11.5 Å². The highest BCUT2D eigenvalue weighted by Crippen LogP contribution is 2.33. The number of hydrogen-bond donors (Lipinski definition) is 0. The first-order chi connectivity index (χ1) is 10.2. The molecule has 1 amide bonds. The molecule has 1 saturated heterocycles. The van der Waals surface area contributed by atoms with E-state index in [9.17, 15) is 4.79 Å². The van der Waals surface area contributed by atoms with Crippen molar-refractivity contribution in [3.63, 3.8) is 0 Å². The van der Waals surface area contributed by atoms with Crippen LogP contribution in [0.25, 0.3) is 0 Å². The van der Waals surface area contributed by atoms with Crippen LogP contribution in [-0.4, -0.2) is 29.6 Å². The highest BCUT2D eigenvalue weighted by molar-refractivity contribution is 5.92. The molecule has 1 aliphatic heterocycles. The van der Waals surface area contributed by atoms with Crippen LogP contribution in [0.5, 0.6) is 5.75 Å². The second-order valence-electron chi connectivity index (χ2n) is 5.25. The zero-order chi connectivity index (χ0) is 14.8. The van der Waals surface area contributed by atoms with Gasteiger partial charge in [-0.3, -0.25) is 4.79 Å². The third-order valence-corrected chi connectivity index (χ3v) is 3.86. The fourth-order valence-electron chi connectivity index (χ4n) is 2.80. The zero-order valence-electron chi connectivity index (χ0n) is 12.2. The quantitative estimate of drug-likeness (QED) is 0.870. The van der Waals surface area contributed by atoms with Gasteiger partial charge in [0.05, 0.1) is 13.2 Å². The fourth-order valence-corrected chi connectivity index (χ4v) is 2.80. The van der Waals surface area contributed by atoms with Gasteiger partial charge in [-0.15, -0.1) is 0 Å². The number of methoxy groups -OCH3 is 1. The van der Waals surface area contributed by atoms with Gasteiger partial charge in [0.25, 0.3) is 5.91 Å². The first kappa shape index (κ1) is 13.7. The minimum absolute atomic E-state index is 0.0647. The van der Waals surface area contributed by atoms with Gasteiger partial charge in [0, 0.05) is 12.6 Å². The van der Waals surface area contributed by atoms with E-state index in [1.165, 1.54) is 0 Å². The van der Waals surface area contributed by atoms with Gasteiger partial charge >= 0.3 is 0 Å². The predicted octanol–water partition coefficient (Wildman–Crippen LogP) is 2.97. The van der Waals surface area contributed by atoms with Crippen LogP contribution in [0.4, 0.5) is 0 Å². The fraction of sp³-hybridized carbons (Fsp3) is 0.375. The average molecular weight is 286 g/mol. The molecule has 5 heteroatoms. The summed E-state index contributed by atoms with van der Waals surface area (Å²) in [7, 11) is 1.65. The van der Waals surface area contributed by atoms with Gasteiger partial charge in [0.15, 0.2) is 5.69 Å². The van der Waals surface area contributed by atoms with Crippen LogP contribution in [0.2, 0.25) is 0 Å². The third-order valence-electron chi connectivity index (χ3n) is 3.86. The Morgan fingerprint density at radius 1 is 1.38 bits per heavy atom. The number of benzene rings is 1. The van der Waals surface area contributed by atoms with Crippen molar-refractivity contribution in [3.8, 4) is 5.75 Å². The van der Waals surface area contributed by atoms with Gasteiger partial charge in [-0.05, 0) is 37.5 Å². The number of carbonyl (C=O) groups is 1. The molecule has 5 nitrogen and oxygen atoms in total. The summed E-state index contributed by atoms with van der Waals surface area (Å²) in [6.45, 7) is 2.54. The molecule has 21 heavy (non-hydrogen) atoms. The summed E-state index contributed by atoms with van der Waals surface area (Å²) in [6.07, 6.45) is 1.97. The number of carbonyl (C=O) groups excluding carboxylic acids is 1. The highest BCUT2D eigenvalue weighted by atomic mass is 16.5. The summed E-state index contributed by atoms with van der Waals surface area (Å²) in [5, 5.41) is 3.83. The zero-order valence-corrected chi connectivity index (χ0v) is 12.2. The number of ether oxygens (including phenoxy) is 1. The number of likely N-dealkylation sites (tertiary alicyclic amines) is 1. The van der Waals surface area contributed by atoms with E-state index in [-0.39, 0.29) is 11.9 Å². The van der Waals surface area contributed by atoms with Gasteiger partial charge in [0.2, 0.25) is 0 Å². The molecule has 0 N–H and O–H groups in total. The Morgan fingerprint density at radius 3 is 2.76 bits per heavy atom. The molecule has 0 aliphatic carbocycles. The molecule has 2 heterocycles. The second kappa shape index (κ2) is 5.60. The van der Waals surface area contributed by atoms with E-state index in [2.05, 4.69) is 5.16 Å². The molecule has 1 aliphatic rings. The van der Waals surface area contributed by atoms with E-state index in [1.54, 1.807) is 20.1 Å². The molecule has 0 bridgehead atoms. The van der Waals surface area contributed by atoms with Crippen molar-refractivity contribution in [1.82, 2.24) is 10.1 Å². The van der Waals surface area contributed by atoms with E-state index >= 15 is 0 Å². The Hall–Kier alpha value is -2.30. The summed E-state index contributed by atoms with van der Waals surface area (Å²) in [5.41, 5.74) is 1.51. The van der Waals surface area contributed by atoms with Crippen molar-refractivity contribution in [2.45, 2.75) is 25.8 Å². The maximum atomic E-state index is 12.5. The molecular weight excluding hydrogens is 268 g/mol. The summed E-state index contributed by atoms with van der Waals surface area (Å²) in [6, 6.07) is 9.67. The number of aromatic nitrogens is 1. The standard InChI is InChI=1S/C16H18N2O3/c1-11-10-14(17-21-11)16(19)18-9-3-4-15(18)12-5-7-13(20-2)8-6-12/h5-8,10,15H,3-4,9H2,1-2H3. The second-order valence-corrected chi connectivity index (χ2v) is 5.25. The molecule has 2 aromatic rings. The highest BCUT2D eigenvalue weighted by Gasteiger charge is 2.31. The van der Waals surface area contributed by atoms with Gasteiger partial charge < -0.3 is 14.2 Å². The minimum Gasteiger partial charge on any atom is -0.497 e. The largest absolute Gasteiger partial charge is 0.497 e. The topological polar surface area (TPSA) is 55.6 Å². The van der Waals surface area contributed by atoms with Crippen LogP contribution >= 0.6 is 0 Å². The summed E-state index contributed by atoms with van der Waals surface area (Å²) in [5.74, 6) is 1.41. The molecule has 1 unspecified atom stereocenters. The Morgan fingerprint density at radius 2 is 2.14 bits per heavy atom. The van der Waals surface area contributed by atoms with E-state index in [1.807, 2.05) is 29.2 Å². The summed E-state index contributed by atoms with van der Waals surface area (Å²) < 4.78 is 10.2. The lowest BCUT2D eigenvalue weighted by molar-refractivity contribution is 0.0725. The number of amides is 1. The Kier molecular flexibility index (Phi) is 3.64. The van der Waals surface area contributed by atoms with Crippen molar-refractivity contribution >= 4 is 5.91 Å². The van der Waals surface area contributed by atoms with Crippen LogP contribution < -0.4 is 4.74 Å². The minimum atomic E-state index is -0.0647. The molecular formula is C16H18N2O3. The Labute approximate surface area is 123 Å². The summed E-state index contributed by atoms with van der Waals surface area (Å²) >= 11 is 0. The van der Waals surface area contributed by atoms with Gasteiger partial charge in [-0.25, -0.2) is 0 Å². The van der Waals surface area contributed by atoms with Crippen LogP contribution in [0.3, 0.4) is 0 Å². The third kappa shape index (κ3) is 2.63. The van der Waals surface area contributed by atoms with E-state index in [4.69, 9.17) is 9.26 Å². The average Bonchev–Trinajstić information content (AvgIpc) is 3.15. The smallest absolute Gasteiger partial charge is 0.276 e. The first-order valence-corrected chi connectivity index (χ1v) is 7.07. The number of aryl methyl sites for hydroxylation is 1. The van der Waals surface area contributed by atoms with Crippen LogP contribution in [-0.2, 0) is 0 Å². The lowest BCUT2D eigenvalue weighted by atomic mass is 10.0. The molecule has 1 aromatic heterocycles. The van der Waals surface area contributed by atoms with Gasteiger partial charge in [-0.1, -0.05) is 17.3 Å². The van der Waals surface area contributed by atoms with Crippen molar-refractivity contribution < 1.29 is 14.1 Å². The SMILES string of the molecule is COc1ccc(C2CCCN2C(=O)c2cc(C)on2)cc1. The van der Waals surface area contributed by atoms with Crippen LogP contribution in [0, 0.1) is 6.92 Å². The molecule has 0 spiro atoms. The van der Waals surface area contributed by atoms with Crippen molar-refractivity contribution in [3.05, 3.63) is 47.3 Å². The Bertz CT molecular complexity index is 633. The van der Waals surface area contributed by atoms with Gasteiger partial charge in [0.1, 0.15) is 11.5 Å². The normalized spacial score (nSPS) is 18.0. The molecule has 1 atom stereocenters. The first-order valence-electron chi connectivity index (χ1n) is 7.07. The number of hydrogen-bond acceptors (Lipinski definition) is 4. The van der Waals surface area contributed by atoms with E-state index < -0.39 is 0 Å². The maximum Gasteiger partial charge on any atom is 0.276 e. The predicted molar refractivity (Wildman–Crippen MR) is 77.2 cm³/mol. The number of nitrogens with zero attached hydrogens (tertiary/aromatic N) is 2. The lowest BCUT2D eigenvalue weighted by Crippen LogP contribution is -2.30. The molecule has 0 radical (unpaired) electrons. The molecule has 0 saturated carbocycles. The van der Waals surface area contributed by atoms with Crippen molar-refractivity contribution in [1.29, 1.82) is 0 Å². The van der Waals surface area contributed by atoms with Crippen LogP contribution in [0.15, 0.2) is 34.9 Å². The summed E-state index contributed by atoms with van der Waals surface area (Å²) in [4.78, 5) is 14.4. The molecule has 1 fully saturated rings. The molecule has 3 rings (SSSR count). The van der Waals surface area contributed by atoms with Crippen molar-refractivity contribution in [2.24, 2.45) is 0 Å². The monoisotopic (exact) mass is 286 g/mol. The van der Waals surface area contributed by atoms with Crippen molar-refractivity contribution in [2.75, 3.05) is 13.7 Å². The van der Waals surface area contributed by atoms with Crippen LogP contribution in [0.1, 0.15) is 40.7 Å².